The number of nitrogens with zero attached hydrogens (tertiary/aromatic N) is 3. The highest BCUT2D eigenvalue weighted by Gasteiger charge is 2.06. The molecule has 0 saturated heterocycles. The number of nitrogens with one attached hydrogen (secondary N) is 1. The van der Waals surface area contributed by atoms with E-state index in [-0.39, 0.29) is 0 Å². The Kier molecular flexibility index (Phi) is 8.42. The van der Waals surface area contributed by atoms with Crippen LogP contribution in [0.3, 0.4) is 0 Å². The second-order valence-electron chi connectivity index (χ2n) is 4.31. The van der Waals surface area contributed by atoms with E-state index in [4.69, 9.17) is 23.2 Å². The predicted molar refractivity (Wildman–Crippen MR) is 86.1 cm³/mol. The molecule has 0 bridgehead atoms. The minimum Gasteiger partial charge on any atom is -0.319 e. The average molecular weight is 315 g/mol. The van der Waals surface area contributed by atoms with Gasteiger partial charge in [0.1, 0.15) is 5.15 Å². The van der Waals surface area contributed by atoms with Crippen LogP contribution in [0.2, 0.25) is 5.15 Å². The van der Waals surface area contributed by atoms with E-state index in [1.807, 2.05) is 13.1 Å². The smallest absolute Gasteiger partial charge is 0.172 e. The van der Waals surface area contributed by atoms with E-state index < -0.39 is 0 Å². The van der Waals surface area contributed by atoms with E-state index in [1.165, 1.54) is 6.20 Å². The molecule has 0 amide bonds. The normalized spacial score (nSPS) is 12.8. The van der Waals surface area contributed by atoms with Crippen molar-refractivity contribution in [2.24, 2.45) is 4.99 Å². The molecule has 4 nitrogen and oxygen atoms in total. The Labute approximate surface area is 130 Å². The van der Waals surface area contributed by atoms with E-state index in [9.17, 15) is 0 Å². The van der Waals surface area contributed by atoms with Crippen molar-refractivity contribution in [2.45, 2.75) is 32.6 Å². The summed E-state index contributed by atoms with van der Waals surface area (Å²) < 4.78 is 0. The SMILES string of the molecule is CCCC/C=C(\Cl)C(CCNC)=Nc1cncc(Cl)n1. The van der Waals surface area contributed by atoms with Crippen LogP contribution >= 0.6 is 23.2 Å². The lowest BCUT2D eigenvalue weighted by molar-refractivity contribution is 0.811. The Balaban J connectivity index is 2.90. The molecule has 0 spiro atoms. The summed E-state index contributed by atoms with van der Waals surface area (Å²) in [4.78, 5) is 12.5. The van der Waals surface area contributed by atoms with Gasteiger partial charge in [0.05, 0.1) is 23.1 Å². The zero-order valence-corrected chi connectivity index (χ0v) is 13.4. The van der Waals surface area contributed by atoms with Crippen LogP contribution in [0.25, 0.3) is 0 Å². The van der Waals surface area contributed by atoms with Crippen molar-refractivity contribution >= 4 is 34.7 Å². The number of unbranched alkanes of at least 4 members (excludes halogenated alkanes) is 2. The van der Waals surface area contributed by atoms with Crippen molar-refractivity contribution in [3.63, 3.8) is 0 Å². The van der Waals surface area contributed by atoms with Crippen LogP contribution in [-0.2, 0) is 0 Å². The van der Waals surface area contributed by atoms with Gasteiger partial charge in [-0.3, -0.25) is 4.98 Å². The third-order valence-electron chi connectivity index (χ3n) is 2.61. The second-order valence-corrected chi connectivity index (χ2v) is 5.10. The maximum atomic E-state index is 6.33. The first kappa shape index (κ1) is 17.1. The fourth-order valence-electron chi connectivity index (χ4n) is 1.55. The summed E-state index contributed by atoms with van der Waals surface area (Å²) in [6.07, 6.45) is 9.00. The standard InChI is InChI=1S/C14H20Cl2N4/c1-3-4-5-6-11(15)12(7-8-17-2)19-14-10-18-9-13(16)20-14/h6,9-10,17H,3-5,7-8H2,1-2H3/b11-6-,19-12?. The van der Waals surface area contributed by atoms with Gasteiger partial charge in [0, 0.05) is 13.0 Å². The van der Waals surface area contributed by atoms with Crippen LogP contribution in [0.4, 0.5) is 5.82 Å². The van der Waals surface area contributed by atoms with E-state index in [1.54, 1.807) is 6.20 Å². The highest BCUT2D eigenvalue weighted by molar-refractivity contribution is 6.43. The van der Waals surface area contributed by atoms with Crippen molar-refractivity contribution < 1.29 is 0 Å². The lowest BCUT2D eigenvalue weighted by atomic mass is 10.2. The van der Waals surface area contributed by atoms with E-state index in [0.717, 1.165) is 37.9 Å². The lowest BCUT2D eigenvalue weighted by Gasteiger charge is -2.05. The van der Waals surface area contributed by atoms with Crippen molar-refractivity contribution in [1.82, 2.24) is 15.3 Å². The van der Waals surface area contributed by atoms with Crippen LogP contribution in [0, 0.1) is 0 Å². The van der Waals surface area contributed by atoms with Crippen molar-refractivity contribution in [3.8, 4) is 0 Å². The Morgan fingerprint density at radius 2 is 2.25 bits per heavy atom. The molecule has 1 N–H and O–H groups in total. The highest BCUT2D eigenvalue weighted by atomic mass is 35.5. The molecule has 0 saturated carbocycles. The van der Waals surface area contributed by atoms with E-state index in [0.29, 0.717) is 16.0 Å². The molecule has 20 heavy (non-hydrogen) atoms. The van der Waals surface area contributed by atoms with Gasteiger partial charge in [-0.15, -0.1) is 0 Å². The second kappa shape index (κ2) is 9.86. The molecule has 1 aromatic rings. The Morgan fingerprint density at radius 1 is 1.45 bits per heavy atom. The number of aromatic nitrogens is 2. The number of rotatable bonds is 8. The molecule has 6 heteroatoms. The molecule has 0 fully saturated rings. The molecule has 110 valence electrons. The summed E-state index contributed by atoms with van der Waals surface area (Å²) in [6, 6.07) is 0. The lowest BCUT2D eigenvalue weighted by Crippen LogP contribution is -2.13. The summed E-state index contributed by atoms with van der Waals surface area (Å²) in [5.41, 5.74) is 0.800. The minimum atomic E-state index is 0.324. The molecule has 1 heterocycles. The summed E-state index contributed by atoms with van der Waals surface area (Å²) in [6.45, 7) is 2.95. The van der Waals surface area contributed by atoms with E-state index >= 15 is 0 Å². The molecule has 1 rings (SSSR count). The topological polar surface area (TPSA) is 50.2 Å². The molecular formula is C14H20Cl2N4. The quantitative estimate of drug-likeness (QED) is 0.580. The fraction of sp³-hybridized carbons (Fsp3) is 0.500. The van der Waals surface area contributed by atoms with Gasteiger partial charge in [-0.25, -0.2) is 9.98 Å². The Morgan fingerprint density at radius 3 is 2.90 bits per heavy atom. The van der Waals surface area contributed by atoms with Gasteiger partial charge in [0.25, 0.3) is 0 Å². The van der Waals surface area contributed by atoms with Gasteiger partial charge in [0.15, 0.2) is 5.82 Å². The van der Waals surface area contributed by atoms with Crippen molar-refractivity contribution in [1.29, 1.82) is 0 Å². The van der Waals surface area contributed by atoms with Crippen LogP contribution in [-0.4, -0.2) is 29.3 Å². The molecule has 1 aromatic heterocycles. The van der Waals surface area contributed by atoms with Crippen molar-refractivity contribution in [2.75, 3.05) is 13.6 Å². The molecular weight excluding hydrogens is 295 g/mol. The van der Waals surface area contributed by atoms with E-state index in [2.05, 4.69) is 27.2 Å². The Bertz CT molecular complexity index is 472. The molecule has 0 aromatic carbocycles. The zero-order chi connectivity index (χ0) is 14.8. The largest absolute Gasteiger partial charge is 0.319 e. The zero-order valence-electron chi connectivity index (χ0n) is 11.9. The number of allylic oxidation sites excluding steroid dienone is 2. The van der Waals surface area contributed by atoms with Gasteiger partial charge in [-0.1, -0.05) is 49.0 Å². The molecule has 0 aliphatic carbocycles. The first-order valence-electron chi connectivity index (χ1n) is 6.73. The van der Waals surface area contributed by atoms with Crippen LogP contribution in [0.15, 0.2) is 28.5 Å². The molecule has 0 aliphatic heterocycles. The van der Waals surface area contributed by atoms with Gasteiger partial charge in [-0.05, 0) is 13.5 Å². The molecule has 0 radical (unpaired) electrons. The average Bonchev–Trinajstić information content (AvgIpc) is 2.43. The third kappa shape index (κ3) is 6.46. The van der Waals surface area contributed by atoms with Gasteiger partial charge in [-0.2, -0.15) is 0 Å². The maximum absolute atomic E-state index is 6.33. The minimum absolute atomic E-state index is 0.324. The highest BCUT2D eigenvalue weighted by Crippen LogP contribution is 2.17. The number of hydrogen-bond donors (Lipinski definition) is 1. The summed E-state index contributed by atoms with van der Waals surface area (Å²) in [7, 11) is 1.89. The fourth-order valence-corrected chi connectivity index (χ4v) is 1.94. The van der Waals surface area contributed by atoms with Gasteiger partial charge >= 0.3 is 0 Å². The summed E-state index contributed by atoms with van der Waals surface area (Å²) >= 11 is 12.1. The van der Waals surface area contributed by atoms with Crippen LogP contribution < -0.4 is 5.32 Å². The van der Waals surface area contributed by atoms with Crippen LogP contribution in [0.5, 0.6) is 0 Å². The molecule has 0 atom stereocenters. The Hall–Kier alpha value is -0.970. The number of hydrogen-bond acceptors (Lipinski definition) is 4. The maximum Gasteiger partial charge on any atom is 0.172 e. The number of aliphatic imine (C=N–C) groups is 1. The monoisotopic (exact) mass is 314 g/mol. The number of halogens is 2. The first-order chi connectivity index (χ1) is 9.67. The predicted octanol–water partition coefficient (Wildman–Crippen LogP) is 4.12. The van der Waals surface area contributed by atoms with Crippen molar-refractivity contribution in [3.05, 3.63) is 28.7 Å². The molecule has 0 unspecified atom stereocenters. The summed E-state index contributed by atoms with van der Waals surface area (Å²) in [5, 5.41) is 4.09. The molecule has 0 aliphatic rings. The van der Waals surface area contributed by atoms with Gasteiger partial charge < -0.3 is 5.32 Å². The van der Waals surface area contributed by atoms with Crippen LogP contribution in [0.1, 0.15) is 32.6 Å². The summed E-state index contributed by atoms with van der Waals surface area (Å²) in [5.74, 6) is 0.477. The van der Waals surface area contributed by atoms with Gasteiger partial charge in [0.2, 0.25) is 0 Å². The third-order valence-corrected chi connectivity index (χ3v) is 3.17. The first-order valence-corrected chi connectivity index (χ1v) is 7.48.